The lowest BCUT2D eigenvalue weighted by Crippen LogP contribution is -2.34. The molecule has 0 aliphatic carbocycles. The minimum absolute atomic E-state index is 0.433. The van der Waals surface area contributed by atoms with Crippen LogP contribution in [0.1, 0.15) is 46.3 Å². The van der Waals surface area contributed by atoms with Gasteiger partial charge in [0.15, 0.2) is 0 Å². The summed E-state index contributed by atoms with van der Waals surface area (Å²) in [4.78, 5) is 6.73. The molecule has 1 atom stereocenters. The molecule has 0 fully saturated rings. The Bertz CT molecular complexity index is 331. The maximum atomic E-state index is 9.45. The minimum Gasteiger partial charge on any atom is -0.389 e. The second-order valence-corrected chi connectivity index (χ2v) is 5.27. The molecule has 1 heterocycles. The van der Waals surface area contributed by atoms with Gasteiger partial charge in [0.05, 0.1) is 6.10 Å². The van der Waals surface area contributed by atoms with Gasteiger partial charge >= 0.3 is 0 Å². The molecule has 0 unspecified atom stereocenters. The third kappa shape index (κ3) is 4.00. The Balaban J connectivity index is 2.87. The molecule has 0 radical (unpaired) electrons. The largest absolute Gasteiger partial charge is 0.389 e. The molecule has 0 amide bonds. The number of hydrogen-bond acceptors (Lipinski definition) is 3. The van der Waals surface area contributed by atoms with Gasteiger partial charge < -0.3 is 10.0 Å². The molecule has 17 heavy (non-hydrogen) atoms. The van der Waals surface area contributed by atoms with Crippen LogP contribution in [-0.2, 0) is 0 Å². The fourth-order valence-corrected chi connectivity index (χ4v) is 1.78. The van der Waals surface area contributed by atoms with Crippen molar-refractivity contribution in [3.8, 4) is 0 Å². The summed E-state index contributed by atoms with van der Waals surface area (Å²) in [5.41, 5.74) is 0.863. The van der Waals surface area contributed by atoms with E-state index in [1.54, 1.807) is 13.1 Å². The van der Waals surface area contributed by atoms with E-state index in [4.69, 9.17) is 0 Å². The lowest BCUT2D eigenvalue weighted by molar-refractivity contribution is 0.199. The SMILES string of the molecule is CC(C)CN(c1ccc([C@@H](C)O)cn1)C(C)C. The highest BCUT2D eigenvalue weighted by Crippen LogP contribution is 2.18. The van der Waals surface area contributed by atoms with E-state index in [0.717, 1.165) is 17.9 Å². The molecule has 1 aromatic rings. The molecule has 0 saturated carbocycles. The molecular weight excluding hydrogens is 212 g/mol. The molecular formula is C14H24N2O. The van der Waals surface area contributed by atoms with Crippen molar-refractivity contribution in [2.75, 3.05) is 11.4 Å². The van der Waals surface area contributed by atoms with E-state index in [2.05, 4.69) is 37.6 Å². The van der Waals surface area contributed by atoms with Gasteiger partial charge in [-0.15, -0.1) is 0 Å². The average Bonchev–Trinajstić information content (AvgIpc) is 2.25. The Kier molecular flexibility index (Phi) is 4.94. The van der Waals surface area contributed by atoms with Gasteiger partial charge in [0.2, 0.25) is 0 Å². The molecule has 0 saturated heterocycles. The molecule has 1 rings (SSSR count). The van der Waals surface area contributed by atoms with Gasteiger partial charge in [-0.2, -0.15) is 0 Å². The lowest BCUT2D eigenvalue weighted by atomic mass is 10.1. The number of anilines is 1. The third-order valence-corrected chi connectivity index (χ3v) is 2.73. The highest BCUT2D eigenvalue weighted by Gasteiger charge is 2.13. The Hall–Kier alpha value is -1.09. The monoisotopic (exact) mass is 236 g/mol. The van der Waals surface area contributed by atoms with Crippen LogP contribution >= 0.6 is 0 Å². The van der Waals surface area contributed by atoms with E-state index in [9.17, 15) is 5.11 Å². The number of aliphatic hydroxyl groups is 1. The summed E-state index contributed by atoms with van der Waals surface area (Å²) in [6, 6.07) is 4.37. The number of hydrogen-bond donors (Lipinski definition) is 1. The van der Waals surface area contributed by atoms with Crippen molar-refractivity contribution >= 4 is 5.82 Å². The second-order valence-electron chi connectivity index (χ2n) is 5.27. The maximum absolute atomic E-state index is 9.45. The van der Waals surface area contributed by atoms with E-state index < -0.39 is 6.10 Å². The van der Waals surface area contributed by atoms with Crippen molar-refractivity contribution in [3.63, 3.8) is 0 Å². The van der Waals surface area contributed by atoms with Gasteiger partial charge in [-0.1, -0.05) is 19.9 Å². The predicted molar refractivity (Wildman–Crippen MR) is 72.2 cm³/mol. The van der Waals surface area contributed by atoms with Gasteiger partial charge in [0.1, 0.15) is 5.82 Å². The van der Waals surface area contributed by atoms with Gasteiger partial charge in [0.25, 0.3) is 0 Å². The Morgan fingerprint density at radius 2 is 1.82 bits per heavy atom. The zero-order chi connectivity index (χ0) is 13.0. The first-order chi connectivity index (χ1) is 7.91. The van der Waals surface area contributed by atoms with Crippen molar-refractivity contribution in [3.05, 3.63) is 23.9 Å². The Morgan fingerprint density at radius 1 is 1.18 bits per heavy atom. The number of aromatic nitrogens is 1. The molecule has 96 valence electrons. The Labute approximate surface area is 104 Å². The zero-order valence-electron chi connectivity index (χ0n) is 11.5. The van der Waals surface area contributed by atoms with Crippen LogP contribution in [0.4, 0.5) is 5.82 Å². The molecule has 3 heteroatoms. The molecule has 0 spiro atoms. The first-order valence-electron chi connectivity index (χ1n) is 6.32. The van der Waals surface area contributed by atoms with Crippen molar-refractivity contribution in [2.24, 2.45) is 5.92 Å². The zero-order valence-corrected chi connectivity index (χ0v) is 11.5. The summed E-state index contributed by atoms with van der Waals surface area (Å²) in [6.45, 7) is 11.5. The molecule has 1 aromatic heterocycles. The quantitative estimate of drug-likeness (QED) is 0.853. The molecule has 0 aliphatic rings. The van der Waals surface area contributed by atoms with Crippen LogP contribution in [-0.4, -0.2) is 22.7 Å². The minimum atomic E-state index is -0.450. The van der Waals surface area contributed by atoms with Crippen molar-refractivity contribution in [1.29, 1.82) is 0 Å². The standard InChI is InChI=1S/C14H24N2O/c1-10(2)9-16(11(3)4)14-7-6-13(8-15-14)12(5)17/h6-8,10-12,17H,9H2,1-5H3/t12-/m1/s1. The molecule has 3 nitrogen and oxygen atoms in total. The van der Waals surface area contributed by atoms with E-state index in [1.807, 2.05) is 12.1 Å². The van der Waals surface area contributed by atoms with Crippen molar-refractivity contribution in [2.45, 2.75) is 46.8 Å². The molecule has 0 bridgehead atoms. The third-order valence-electron chi connectivity index (χ3n) is 2.73. The smallest absolute Gasteiger partial charge is 0.128 e. The fraction of sp³-hybridized carbons (Fsp3) is 0.643. The molecule has 0 aromatic carbocycles. The van der Waals surface area contributed by atoms with Crippen LogP contribution in [0.25, 0.3) is 0 Å². The number of aliphatic hydroxyl groups excluding tert-OH is 1. The van der Waals surface area contributed by atoms with Crippen molar-refractivity contribution < 1.29 is 5.11 Å². The lowest BCUT2D eigenvalue weighted by Gasteiger charge is -2.29. The maximum Gasteiger partial charge on any atom is 0.128 e. The topological polar surface area (TPSA) is 36.4 Å². The van der Waals surface area contributed by atoms with Gasteiger partial charge in [0, 0.05) is 18.8 Å². The summed E-state index contributed by atoms with van der Waals surface area (Å²) in [5, 5.41) is 9.45. The first kappa shape index (κ1) is 14.0. The van der Waals surface area contributed by atoms with Gasteiger partial charge in [-0.05, 0) is 38.3 Å². The average molecular weight is 236 g/mol. The van der Waals surface area contributed by atoms with Crippen LogP contribution in [0.3, 0.4) is 0 Å². The van der Waals surface area contributed by atoms with Crippen LogP contribution in [0, 0.1) is 5.92 Å². The highest BCUT2D eigenvalue weighted by atomic mass is 16.3. The van der Waals surface area contributed by atoms with Crippen LogP contribution in [0.5, 0.6) is 0 Å². The van der Waals surface area contributed by atoms with E-state index in [0.29, 0.717) is 12.0 Å². The normalized spacial score (nSPS) is 13.2. The van der Waals surface area contributed by atoms with E-state index >= 15 is 0 Å². The summed E-state index contributed by atoms with van der Waals surface area (Å²) < 4.78 is 0. The summed E-state index contributed by atoms with van der Waals surface area (Å²) in [5.74, 6) is 1.59. The summed E-state index contributed by atoms with van der Waals surface area (Å²) in [7, 11) is 0. The summed E-state index contributed by atoms with van der Waals surface area (Å²) >= 11 is 0. The number of nitrogens with zero attached hydrogens (tertiary/aromatic N) is 2. The van der Waals surface area contributed by atoms with Crippen LogP contribution in [0.15, 0.2) is 18.3 Å². The number of pyridine rings is 1. The number of rotatable bonds is 5. The van der Waals surface area contributed by atoms with E-state index in [-0.39, 0.29) is 0 Å². The highest BCUT2D eigenvalue weighted by molar-refractivity contribution is 5.40. The fourth-order valence-electron chi connectivity index (χ4n) is 1.78. The van der Waals surface area contributed by atoms with E-state index in [1.165, 1.54) is 0 Å². The van der Waals surface area contributed by atoms with Crippen LogP contribution < -0.4 is 4.90 Å². The second kappa shape index (κ2) is 6.01. The molecule has 0 aliphatic heterocycles. The Morgan fingerprint density at radius 3 is 2.18 bits per heavy atom. The van der Waals surface area contributed by atoms with Crippen molar-refractivity contribution in [1.82, 2.24) is 4.98 Å². The van der Waals surface area contributed by atoms with Gasteiger partial charge in [-0.25, -0.2) is 4.98 Å². The molecule has 1 N–H and O–H groups in total. The van der Waals surface area contributed by atoms with Crippen LogP contribution in [0.2, 0.25) is 0 Å². The predicted octanol–water partition coefficient (Wildman–Crippen LogP) is 3.01. The first-order valence-corrected chi connectivity index (χ1v) is 6.32. The summed E-state index contributed by atoms with van der Waals surface area (Å²) in [6.07, 6.45) is 1.31. The van der Waals surface area contributed by atoms with Gasteiger partial charge in [-0.3, -0.25) is 0 Å².